The van der Waals surface area contributed by atoms with E-state index in [4.69, 9.17) is 10.2 Å². The predicted octanol–water partition coefficient (Wildman–Crippen LogP) is 7.26. The fraction of sp³-hybridized carbons (Fsp3) is 0.467. The Morgan fingerprint density at radius 3 is 1.75 bits per heavy atom. The number of carbonyl (C=O) groups is 1. The summed E-state index contributed by atoms with van der Waals surface area (Å²) in [6, 6.07) is 14.3. The van der Waals surface area contributed by atoms with E-state index in [0.717, 1.165) is 38.3 Å². The van der Waals surface area contributed by atoms with Crippen LogP contribution in [0.2, 0.25) is 0 Å². The van der Waals surface area contributed by atoms with Gasteiger partial charge in [-0.2, -0.15) is 0 Å². The van der Waals surface area contributed by atoms with Crippen LogP contribution in [-0.2, 0) is 4.79 Å². The number of unbranched alkanes of at least 4 members (excludes halogenated alkanes) is 4. The molecule has 0 spiro atoms. The summed E-state index contributed by atoms with van der Waals surface area (Å²) in [5.41, 5.74) is 5.08. The molecule has 0 unspecified atom stereocenters. The first-order valence-corrected chi connectivity index (χ1v) is 17.5. The zero-order valence-electron chi connectivity index (χ0n) is 22.7. The van der Waals surface area contributed by atoms with E-state index < -0.39 is 11.3 Å². The number of hydrogen-bond donors (Lipinski definition) is 1. The maximum absolute atomic E-state index is 10.9. The third-order valence-electron chi connectivity index (χ3n) is 7.11. The van der Waals surface area contributed by atoms with Crippen LogP contribution in [0.3, 0.4) is 0 Å². The molecule has 0 aliphatic rings. The summed E-state index contributed by atoms with van der Waals surface area (Å²) in [5, 5.41) is 14.7. The van der Waals surface area contributed by atoms with Gasteiger partial charge in [0.15, 0.2) is 0 Å². The molecule has 0 radical (unpaired) electrons. The molecular formula is C30H42BrN2O2P. The second-order valence-corrected chi connectivity index (χ2v) is 19.8. The van der Waals surface area contributed by atoms with Crippen LogP contribution in [0.25, 0.3) is 0 Å². The van der Waals surface area contributed by atoms with E-state index in [1.807, 2.05) is 0 Å². The minimum absolute atomic E-state index is 0.261. The number of aryl methyl sites for hydroxylation is 4. The van der Waals surface area contributed by atoms with Gasteiger partial charge in [-0.25, -0.2) is 0 Å². The van der Waals surface area contributed by atoms with Gasteiger partial charge >= 0.3 is 226 Å². The van der Waals surface area contributed by atoms with Crippen LogP contribution in [0.4, 0.5) is 0 Å². The van der Waals surface area contributed by atoms with Crippen LogP contribution >= 0.6 is 20.8 Å². The molecule has 0 atom stereocenters. The van der Waals surface area contributed by atoms with E-state index in [-0.39, 0.29) is 12.5 Å². The van der Waals surface area contributed by atoms with Crippen molar-refractivity contribution in [3.05, 3.63) is 71.0 Å². The Hall–Kier alpha value is -1.97. The second-order valence-electron chi connectivity index (χ2n) is 10.8. The molecule has 1 heterocycles. The molecule has 0 bridgehead atoms. The number of hydrogen-bond acceptors (Lipinski definition) is 2. The van der Waals surface area contributed by atoms with Crippen molar-refractivity contribution in [2.24, 2.45) is 0 Å². The predicted molar refractivity (Wildman–Crippen MR) is 159 cm³/mol. The Morgan fingerprint density at radius 1 is 0.833 bits per heavy atom. The molecule has 3 aromatic rings. The van der Waals surface area contributed by atoms with Crippen molar-refractivity contribution in [1.82, 2.24) is 9.78 Å². The number of aromatic nitrogens is 2. The van der Waals surface area contributed by atoms with Crippen LogP contribution in [0.15, 0.2) is 48.8 Å². The van der Waals surface area contributed by atoms with Gasteiger partial charge < -0.3 is 0 Å². The Kier molecular flexibility index (Phi) is 9.22. The first-order valence-electron chi connectivity index (χ1n) is 13.1. The van der Waals surface area contributed by atoms with Crippen molar-refractivity contribution >= 4 is 42.7 Å². The van der Waals surface area contributed by atoms with E-state index >= 15 is 0 Å². The molecular weight excluding hydrogens is 531 g/mol. The molecule has 0 fully saturated rings. The number of aliphatic carboxylic acids is 1. The molecule has 2 aromatic carbocycles. The fourth-order valence-corrected chi connectivity index (χ4v) is 12.9. The molecule has 1 aromatic heterocycles. The van der Waals surface area contributed by atoms with Crippen LogP contribution in [-0.4, -0.2) is 27.0 Å². The molecule has 0 amide bonds. The van der Waals surface area contributed by atoms with Gasteiger partial charge in [0, 0.05) is 0 Å². The van der Waals surface area contributed by atoms with Gasteiger partial charge in [0.2, 0.25) is 0 Å². The fourth-order valence-electron chi connectivity index (χ4n) is 5.34. The van der Waals surface area contributed by atoms with Gasteiger partial charge in [-0.3, -0.25) is 0 Å². The van der Waals surface area contributed by atoms with Crippen molar-refractivity contribution < 1.29 is 9.90 Å². The normalized spacial score (nSPS) is 13.1. The Labute approximate surface area is 225 Å². The summed E-state index contributed by atoms with van der Waals surface area (Å²) in [6.45, 7) is 13.1. The zero-order chi connectivity index (χ0) is 26.5. The van der Waals surface area contributed by atoms with Gasteiger partial charge in [-0.1, -0.05) is 0 Å². The van der Waals surface area contributed by atoms with E-state index in [9.17, 15) is 4.79 Å². The molecule has 4 nitrogen and oxygen atoms in total. The summed E-state index contributed by atoms with van der Waals surface area (Å²) in [7, 11) is 0. The van der Waals surface area contributed by atoms with Gasteiger partial charge in [0.25, 0.3) is 0 Å². The quantitative estimate of drug-likeness (QED) is 0.183. The Bertz CT molecular complexity index is 1130. The second kappa shape index (κ2) is 11.6. The van der Waals surface area contributed by atoms with Gasteiger partial charge in [-0.05, 0) is 0 Å². The zero-order valence-corrected chi connectivity index (χ0v) is 25.2. The monoisotopic (exact) mass is 572 g/mol. The van der Waals surface area contributed by atoms with Crippen molar-refractivity contribution in [3.8, 4) is 0 Å². The summed E-state index contributed by atoms with van der Waals surface area (Å²) in [5.74, 6) is -0.702. The number of nitrogens with zero attached hydrogens (tertiary/aromatic N) is 2. The number of benzene rings is 2. The van der Waals surface area contributed by atoms with Crippen molar-refractivity contribution in [2.75, 3.05) is 6.16 Å². The van der Waals surface area contributed by atoms with Gasteiger partial charge in [-0.15, -0.1) is 0 Å². The molecule has 1 N–H and O–H groups in total. The van der Waals surface area contributed by atoms with E-state index in [2.05, 4.69) is 111 Å². The molecule has 0 aliphatic heterocycles. The molecule has 36 heavy (non-hydrogen) atoms. The molecule has 0 saturated carbocycles. The molecule has 0 saturated heterocycles. The van der Waals surface area contributed by atoms with Gasteiger partial charge in [0.1, 0.15) is 0 Å². The third-order valence-corrected chi connectivity index (χ3v) is 17.0. The SMILES string of the molecule is Cc1cc(C)cc(P(Br)(CCCCCCCC(=O)O)(c2cc(C)cc(C)c2)c2cnn(C(C)C)c2)c1. The molecule has 3 rings (SSSR count). The number of halogens is 1. The van der Waals surface area contributed by atoms with Crippen LogP contribution in [0.1, 0.15) is 80.7 Å². The summed E-state index contributed by atoms with van der Waals surface area (Å²) in [6.07, 6.45) is 10.5. The van der Waals surface area contributed by atoms with Crippen LogP contribution in [0.5, 0.6) is 0 Å². The third kappa shape index (κ3) is 6.11. The first kappa shape index (κ1) is 28.6. The average Bonchev–Trinajstić information content (AvgIpc) is 3.29. The van der Waals surface area contributed by atoms with Gasteiger partial charge in [0.05, 0.1) is 0 Å². The maximum atomic E-state index is 10.9. The standard InChI is InChI=1S/C30H42BrN2O2P/c1-22(2)33-21-29(20-32-33)36(31,27-16-23(3)14-24(4)17-27,28-18-25(5)15-26(6)19-28)13-11-9-7-8-10-12-30(34)35/h14-22H,7-13H2,1-6H3,(H,34,35). The van der Waals surface area contributed by atoms with Crippen molar-refractivity contribution in [3.63, 3.8) is 0 Å². The molecule has 196 valence electrons. The summed E-state index contributed by atoms with van der Waals surface area (Å²) in [4.78, 5) is 10.9. The topological polar surface area (TPSA) is 55.1 Å². The Balaban J connectivity index is 2.17. The number of carboxylic acids is 1. The van der Waals surface area contributed by atoms with E-state index in [1.54, 1.807) is 0 Å². The van der Waals surface area contributed by atoms with Crippen LogP contribution < -0.4 is 15.9 Å². The van der Waals surface area contributed by atoms with E-state index in [1.165, 1.54) is 38.2 Å². The summed E-state index contributed by atoms with van der Waals surface area (Å²) >= 11 is 4.62. The van der Waals surface area contributed by atoms with Crippen molar-refractivity contribution in [2.45, 2.75) is 86.1 Å². The van der Waals surface area contributed by atoms with E-state index in [0.29, 0.717) is 0 Å². The average molecular weight is 574 g/mol. The van der Waals surface area contributed by atoms with Crippen LogP contribution in [0, 0.1) is 27.7 Å². The van der Waals surface area contributed by atoms with Crippen molar-refractivity contribution in [1.29, 1.82) is 0 Å². The number of carboxylic acid groups (broad SMARTS) is 1. The minimum atomic E-state index is -3.05. The number of rotatable bonds is 12. The molecule has 6 heteroatoms. The Morgan fingerprint density at radius 2 is 1.31 bits per heavy atom. The molecule has 0 aliphatic carbocycles. The first-order chi connectivity index (χ1) is 16.9. The summed E-state index contributed by atoms with van der Waals surface area (Å²) < 4.78 is 2.08.